The minimum atomic E-state index is 0.202. The molecule has 1 saturated heterocycles. The van der Waals surface area contributed by atoms with Gasteiger partial charge in [0.1, 0.15) is 0 Å². The fourth-order valence-electron chi connectivity index (χ4n) is 4.39. The molecule has 0 spiro atoms. The molecule has 3 nitrogen and oxygen atoms in total. The maximum absolute atomic E-state index is 12.3. The molecule has 1 unspecified atom stereocenters. The van der Waals surface area contributed by atoms with E-state index in [-0.39, 0.29) is 5.91 Å². The number of hydrogen-bond donors (Lipinski definition) is 2. The van der Waals surface area contributed by atoms with E-state index in [0.717, 1.165) is 23.4 Å². The van der Waals surface area contributed by atoms with E-state index in [0.29, 0.717) is 13.1 Å². The zero-order valence-electron chi connectivity index (χ0n) is 13.8. The minimum Gasteiger partial charge on any atom is -0.351 e. The van der Waals surface area contributed by atoms with Gasteiger partial charge in [-0.2, -0.15) is 0 Å². The van der Waals surface area contributed by atoms with Crippen LogP contribution in [0.4, 0.5) is 0 Å². The molecule has 3 rings (SSSR count). The monoisotopic (exact) mass is 335 g/mol. The lowest BCUT2D eigenvalue weighted by Crippen LogP contribution is -3.18. The molecule has 0 radical (unpaired) electrons. The molecule has 3 atom stereocenters. The van der Waals surface area contributed by atoms with Crippen LogP contribution in [0.3, 0.4) is 0 Å². The number of halogens is 1. The maximum Gasteiger partial charge on any atom is 0.275 e. The van der Waals surface area contributed by atoms with Gasteiger partial charge < -0.3 is 10.2 Å². The third-order valence-electron chi connectivity index (χ3n) is 5.52. The Hall–Kier alpha value is -1.06. The standard InChI is InChI=1S/C19H27ClN2O/c20-17-8-3-5-15(13-17)10-11-21-19(23)14-22-12-4-7-16-6-1-2-9-18(16)22/h3,5,8,13,16,18H,1-2,4,6-7,9-12,14H2,(H,21,23)/p+1/t16-,18+/m1/s1. The van der Waals surface area contributed by atoms with Gasteiger partial charge in [-0.05, 0) is 56.2 Å². The van der Waals surface area contributed by atoms with E-state index in [9.17, 15) is 4.79 Å². The summed E-state index contributed by atoms with van der Waals surface area (Å²) in [5, 5.41) is 3.85. The predicted octanol–water partition coefficient (Wildman–Crippen LogP) is 2.24. The molecule has 0 bridgehead atoms. The fraction of sp³-hybridized carbons (Fsp3) is 0.632. The number of hydrogen-bond acceptors (Lipinski definition) is 1. The Balaban J connectivity index is 1.43. The van der Waals surface area contributed by atoms with Crippen LogP contribution in [0.2, 0.25) is 5.02 Å². The van der Waals surface area contributed by atoms with Gasteiger partial charge in [-0.25, -0.2) is 0 Å². The molecule has 1 aromatic carbocycles. The molecule has 23 heavy (non-hydrogen) atoms. The van der Waals surface area contributed by atoms with Crippen molar-refractivity contribution in [1.82, 2.24) is 5.32 Å². The van der Waals surface area contributed by atoms with Crippen molar-refractivity contribution in [3.8, 4) is 0 Å². The molecule has 126 valence electrons. The van der Waals surface area contributed by atoms with Crippen LogP contribution in [-0.2, 0) is 11.2 Å². The summed E-state index contributed by atoms with van der Waals surface area (Å²) in [5.74, 6) is 1.07. The molecular formula is C19H28ClN2O+. The number of likely N-dealkylation sites (tertiary alicyclic amines) is 1. The van der Waals surface area contributed by atoms with Crippen molar-refractivity contribution in [2.75, 3.05) is 19.6 Å². The van der Waals surface area contributed by atoms with Crippen LogP contribution in [0.25, 0.3) is 0 Å². The quantitative estimate of drug-likeness (QED) is 0.850. The largest absolute Gasteiger partial charge is 0.351 e. The number of amides is 1. The summed E-state index contributed by atoms with van der Waals surface area (Å²) in [7, 11) is 0. The lowest BCUT2D eigenvalue weighted by Gasteiger charge is -2.40. The van der Waals surface area contributed by atoms with Gasteiger partial charge in [0.2, 0.25) is 0 Å². The highest BCUT2D eigenvalue weighted by Gasteiger charge is 2.37. The number of fused-ring (bicyclic) bond motifs is 1. The molecule has 2 N–H and O–H groups in total. The topological polar surface area (TPSA) is 33.5 Å². The fourth-order valence-corrected chi connectivity index (χ4v) is 4.61. The van der Waals surface area contributed by atoms with E-state index < -0.39 is 0 Å². The average Bonchev–Trinajstić information content (AvgIpc) is 2.55. The third-order valence-corrected chi connectivity index (χ3v) is 5.75. The molecule has 2 fully saturated rings. The summed E-state index contributed by atoms with van der Waals surface area (Å²) in [4.78, 5) is 13.8. The highest BCUT2D eigenvalue weighted by atomic mass is 35.5. The summed E-state index contributed by atoms with van der Waals surface area (Å²) in [6.45, 7) is 2.51. The van der Waals surface area contributed by atoms with Crippen LogP contribution < -0.4 is 10.2 Å². The number of benzene rings is 1. The summed E-state index contributed by atoms with van der Waals surface area (Å²) >= 11 is 5.99. The van der Waals surface area contributed by atoms with Crippen LogP contribution in [0.15, 0.2) is 24.3 Å². The van der Waals surface area contributed by atoms with Gasteiger partial charge in [0.05, 0.1) is 12.6 Å². The predicted molar refractivity (Wildman–Crippen MR) is 93.8 cm³/mol. The normalized spacial score (nSPS) is 27.3. The Morgan fingerprint density at radius 1 is 1.22 bits per heavy atom. The first-order valence-electron chi connectivity index (χ1n) is 9.08. The second-order valence-corrected chi connectivity index (χ2v) is 7.54. The Morgan fingerprint density at radius 3 is 2.91 bits per heavy atom. The average molecular weight is 336 g/mol. The van der Waals surface area contributed by atoms with E-state index in [4.69, 9.17) is 11.6 Å². The highest BCUT2D eigenvalue weighted by Crippen LogP contribution is 2.28. The Bertz CT molecular complexity index is 532. The van der Waals surface area contributed by atoms with Gasteiger partial charge >= 0.3 is 0 Å². The lowest BCUT2D eigenvalue weighted by molar-refractivity contribution is -0.928. The molecule has 2 aliphatic rings. The highest BCUT2D eigenvalue weighted by molar-refractivity contribution is 6.30. The molecule has 1 aromatic rings. The van der Waals surface area contributed by atoms with Crippen molar-refractivity contribution < 1.29 is 9.69 Å². The minimum absolute atomic E-state index is 0.202. The molecular weight excluding hydrogens is 308 g/mol. The second-order valence-electron chi connectivity index (χ2n) is 7.11. The van der Waals surface area contributed by atoms with Crippen molar-refractivity contribution >= 4 is 17.5 Å². The van der Waals surface area contributed by atoms with Crippen molar-refractivity contribution in [3.05, 3.63) is 34.9 Å². The molecule has 1 heterocycles. The molecule has 1 saturated carbocycles. The van der Waals surface area contributed by atoms with Gasteiger partial charge in [0.25, 0.3) is 5.91 Å². The first-order valence-corrected chi connectivity index (χ1v) is 9.46. The molecule has 0 aromatic heterocycles. The third kappa shape index (κ3) is 4.71. The number of quaternary nitrogens is 1. The lowest BCUT2D eigenvalue weighted by atomic mass is 9.78. The molecule has 4 heteroatoms. The first-order chi connectivity index (χ1) is 11.2. The Morgan fingerprint density at radius 2 is 2.04 bits per heavy atom. The summed E-state index contributed by atoms with van der Waals surface area (Å²) in [6.07, 6.45) is 8.94. The van der Waals surface area contributed by atoms with Gasteiger partial charge in [-0.15, -0.1) is 0 Å². The van der Waals surface area contributed by atoms with Crippen LogP contribution in [0.1, 0.15) is 44.1 Å². The number of rotatable bonds is 5. The van der Waals surface area contributed by atoms with Crippen LogP contribution in [0.5, 0.6) is 0 Å². The van der Waals surface area contributed by atoms with E-state index in [1.807, 2.05) is 18.2 Å². The van der Waals surface area contributed by atoms with E-state index in [1.165, 1.54) is 55.5 Å². The number of nitrogens with one attached hydrogen (secondary N) is 2. The smallest absolute Gasteiger partial charge is 0.275 e. The van der Waals surface area contributed by atoms with E-state index in [1.54, 1.807) is 0 Å². The van der Waals surface area contributed by atoms with Crippen molar-refractivity contribution in [2.24, 2.45) is 5.92 Å². The van der Waals surface area contributed by atoms with Gasteiger partial charge in [0.15, 0.2) is 6.54 Å². The van der Waals surface area contributed by atoms with E-state index in [2.05, 4.69) is 11.4 Å². The Kier molecular flexibility index (Phi) is 5.96. The molecule has 1 amide bonds. The summed E-state index contributed by atoms with van der Waals surface area (Å²) < 4.78 is 0. The Labute approximate surface area is 144 Å². The molecule has 1 aliphatic carbocycles. The number of carbonyl (C=O) groups excluding carboxylic acids is 1. The van der Waals surface area contributed by atoms with E-state index >= 15 is 0 Å². The maximum atomic E-state index is 12.3. The van der Waals surface area contributed by atoms with Gasteiger partial charge in [0, 0.05) is 17.5 Å². The van der Waals surface area contributed by atoms with Crippen LogP contribution in [0, 0.1) is 5.92 Å². The summed E-state index contributed by atoms with van der Waals surface area (Å²) in [5.41, 5.74) is 1.18. The SMILES string of the molecule is O=C(C[NH+]1CCC[C@H]2CCCC[C@@H]21)NCCc1cccc(Cl)c1. The van der Waals surface area contributed by atoms with Crippen LogP contribution in [-0.4, -0.2) is 31.6 Å². The van der Waals surface area contributed by atoms with Crippen molar-refractivity contribution in [2.45, 2.75) is 51.0 Å². The summed E-state index contributed by atoms with van der Waals surface area (Å²) in [6, 6.07) is 8.59. The van der Waals surface area contributed by atoms with Crippen LogP contribution >= 0.6 is 11.6 Å². The number of carbonyl (C=O) groups is 1. The van der Waals surface area contributed by atoms with Crippen molar-refractivity contribution in [1.29, 1.82) is 0 Å². The van der Waals surface area contributed by atoms with Gasteiger partial charge in [-0.1, -0.05) is 30.2 Å². The molecule has 1 aliphatic heterocycles. The van der Waals surface area contributed by atoms with Gasteiger partial charge in [-0.3, -0.25) is 4.79 Å². The van der Waals surface area contributed by atoms with Crippen molar-refractivity contribution in [3.63, 3.8) is 0 Å². The zero-order valence-corrected chi connectivity index (χ0v) is 14.6. The second kappa shape index (κ2) is 8.16. The first kappa shape index (κ1) is 16.8. The zero-order chi connectivity index (χ0) is 16.1. The number of piperidine rings is 1.